The average Bonchev–Trinajstić information content (AvgIpc) is 2.52. The van der Waals surface area contributed by atoms with Gasteiger partial charge in [-0.3, -0.25) is 9.69 Å². The van der Waals surface area contributed by atoms with E-state index in [2.05, 4.69) is 10.2 Å². The lowest BCUT2D eigenvalue weighted by Crippen LogP contribution is -2.40. The van der Waals surface area contributed by atoms with Crippen molar-refractivity contribution in [3.63, 3.8) is 0 Å². The Hall–Kier alpha value is -1.88. The quantitative estimate of drug-likeness (QED) is 0.833. The molecule has 0 spiro atoms. The Morgan fingerprint density at radius 3 is 2.52 bits per heavy atom. The van der Waals surface area contributed by atoms with Crippen molar-refractivity contribution in [3.05, 3.63) is 35.4 Å². The summed E-state index contributed by atoms with van der Waals surface area (Å²) >= 11 is 0. The number of amides is 1. The molecular formula is C20H30N2O3. The third kappa shape index (κ3) is 6.86. The van der Waals surface area contributed by atoms with E-state index in [0.717, 1.165) is 39.0 Å². The van der Waals surface area contributed by atoms with Crippen molar-refractivity contribution in [2.45, 2.75) is 52.7 Å². The molecule has 0 saturated carbocycles. The zero-order valence-corrected chi connectivity index (χ0v) is 15.8. The minimum Gasteiger partial charge on any atom is -0.456 e. The Balaban J connectivity index is 1.88. The highest BCUT2D eigenvalue weighted by Gasteiger charge is 2.21. The molecule has 0 radical (unpaired) electrons. The van der Waals surface area contributed by atoms with Crippen LogP contribution in [0.2, 0.25) is 0 Å². The first-order valence-corrected chi connectivity index (χ1v) is 9.02. The first kappa shape index (κ1) is 19.4. The first-order valence-electron chi connectivity index (χ1n) is 9.02. The Bertz CT molecular complexity index is 590. The van der Waals surface area contributed by atoms with Crippen molar-refractivity contribution >= 4 is 11.9 Å². The van der Waals surface area contributed by atoms with E-state index in [1.807, 2.05) is 45.0 Å². The molecule has 1 aliphatic heterocycles. The summed E-state index contributed by atoms with van der Waals surface area (Å²) in [4.78, 5) is 25.5. The molecule has 25 heavy (non-hydrogen) atoms. The number of benzene rings is 1. The maximum Gasteiger partial charge on any atom is 0.338 e. The Morgan fingerprint density at radius 2 is 1.92 bits per heavy atom. The van der Waals surface area contributed by atoms with E-state index in [0.29, 0.717) is 11.5 Å². The van der Waals surface area contributed by atoms with Crippen LogP contribution in [-0.2, 0) is 16.1 Å². The Labute approximate surface area is 150 Å². The predicted molar refractivity (Wildman–Crippen MR) is 98.3 cm³/mol. The van der Waals surface area contributed by atoms with E-state index in [-0.39, 0.29) is 11.9 Å². The summed E-state index contributed by atoms with van der Waals surface area (Å²) in [5.41, 5.74) is 1.29. The molecule has 5 nitrogen and oxygen atoms in total. The maximum absolute atomic E-state index is 12.1. The lowest BCUT2D eigenvalue weighted by molar-refractivity contribution is -0.119. The Kier molecular flexibility index (Phi) is 6.59. The summed E-state index contributed by atoms with van der Waals surface area (Å²) in [6.07, 6.45) is 2.31. The number of ether oxygens (including phenoxy) is 1. The molecule has 1 atom stereocenters. The highest BCUT2D eigenvalue weighted by Crippen LogP contribution is 2.19. The van der Waals surface area contributed by atoms with Crippen molar-refractivity contribution < 1.29 is 14.3 Å². The minimum absolute atomic E-state index is 0.0369. The topological polar surface area (TPSA) is 58.6 Å². The number of piperidine rings is 1. The standard InChI is InChI=1S/C20H30N2O3/c1-15(23)21-12-17-6-5-11-22(14-17)13-16-7-9-18(10-8-16)19(24)25-20(2,3)4/h7-10,17H,5-6,11-14H2,1-4H3,(H,21,23)/t17-/m1/s1. The van der Waals surface area contributed by atoms with E-state index in [1.54, 1.807) is 6.92 Å². The fourth-order valence-electron chi connectivity index (χ4n) is 3.09. The lowest BCUT2D eigenvalue weighted by atomic mass is 9.97. The number of nitrogens with one attached hydrogen (secondary N) is 1. The SMILES string of the molecule is CC(=O)NC[C@H]1CCCN(Cc2ccc(C(=O)OC(C)(C)C)cc2)C1. The summed E-state index contributed by atoms with van der Waals surface area (Å²) in [5, 5.41) is 2.92. The molecule has 1 N–H and O–H groups in total. The van der Waals surface area contributed by atoms with Crippen molar-refractivity contribution in [3.8, 4) is 0 Å². The summed E-state index contributed by atoms with van der Waals surface area (Å²) in [5.74, 6) is 0.265. The fraction of sp³-hybridized carbons (Fsp3) is 0.600. The number of carbonyl (C=O) groups is 2. The van der Waals surface area contributed by atoms with Crippen LogP contribution in [0, 0.1) is 5.92 Å². The van der Waals surface area contributed by atoms with Crippen LogP contribution in [-0.4, -0.2) is 42.0 Å². The maximum atomic E-state index is 12.1. The second kappa shape index (κ2) is 8.48. The molecule has 1 amide bonds. The summed E-state index contributed by atoms with van der Waals surface area (Å²) in [7, 11) is 0. The van der Waals surface area contributed by atoms with Gasteiger partial charge in [0, 0.05) is 26.6 Å². The summed E-state index contributed by atoms with van der Waals surface area (Å²) in [6.45, 7) is 10.9. The monoisotopic (exact) mass is 346 g/mol. The number of nitrogens with zero attached hydrogens (tertiary/aromatic N) is 1. The second-order valence-corrected chi connectivity index (χ2v) is 7.88. The summed E-state index contributed by atoms with van der Waals surface area (Å²) in [6, 6.07) is 7.66. The molecule has 2 rings (SSSR count). The van der Waals surface area contributed by atoms with Gasteiger partial charge in [0.05, 0.1) is 5.56 Å². The molecule has 1 aromatic rings. The number of esters is 1. The van der Waals surface area contributed by atoms with Crippen molar-refractivity contribution in [2.24, 2.45) is 5.92 Å². The molecule has 1 aromatic carbocycles. The molecule has 1 heterocycles. The zero-order valence-electron chi connectivity index (χ0n) is 15.8. The van der Waals surface area contributed by atoms with E-state index >= 15 is 0 Å². The van der Waals surface area contributed by atoms with Gasteiger partial charge in [-0.25, -0.2) is 4.79 Å². The number of hydrogen-bond donors (Lipinski definition) is 1. The van der Waals surface area contributed by atoms with Crippen LogP contribution >= 0.6 is 0 Å². The second-order valence-electron chi connectivity index (χ2n) is 7.88. The van der Waals surface area contributed by atoms with Gasteiger partial charge >= 0.3 is 5.97 Å². The molecule has 138 valence electrons. The van der Waals surface area contributed by atoms with Crippen molar-refractivity contribution in [1.82, 2.24) is 10.2 Å². The van der Waals surface area contributed by atoms with E-state index in [4.69, 9.17) is 4.74 Å². The number of likely N-dealkylation sites (tertiary alicyclic amines) is 1. The Morgan fingerprint density at radius 1 is 1.24 bits per heavy atom. The van der Waals surface area contributed by atoms with Gasteiger partial charge in [0.2, 0.25) is 5.91 Å². The van der Waals surface area contributed by atoms with Gasteiger partial charge in [0.25, 0.3) is 0 Å². The van der Waals surface area contributed by atoms with Gasteiger partial charge in [-0.15, -0.1) is 0 Å². The summed E-state index contributed by atoms with van der Waals surface area (Å²) < 4.78 is 5.39. The molecular weight excluding hydrogens is 316 g/mol. The van der Waals surface area contributed by atoms with Crippen LogP contribution in [0.25, 0.3) is 0 Å². The van der Waals surface area contributed by atoms with E-state index in [1.165, 1.54) is 5.56 Å². The molecule has 5 heteroatoms. The van der Waals surface area contributed by atoms with Crippen molar-refractivity contribution in [2.75, 3.05) is 19.6 Å². The van der Waals surface area contributed by atoms with Gasteiger partial charge in [0.15, 0.2) is 0 Å². The molecule has 0 aromatic heterocycles. The van der Waals surface area contributed by atoms with Crippen LogP contribution in [0.5, 0.6) is 0 Å². The van der Waals surface area contributed by atoms with Crippen LogP contribution in [0.15, 0.2) is 24.3 Å². The van der Waals surface area contributed by atoms with Gasteiger partial charge < -0.3 is 10.1 Å². The average molecular weight is 346 g/mol. The zero-order chi connectivity index (χ0) is 18.4. The van der Waals surface area contributed by atoms with Crippen LogP contribution in [0.4, 0.5) is 0 Å². The largest absolute Gasteiger partial charge is 0.456 e. The third-order valence-electron chi connectivity index (χ3n) is 4.24. The van der Waals surface area contributed by atoms with Crippen LogP contribution in [0.3, 0.4) is 0 Å². The fourth-order valence-corrected chi connectivity index (χ4v) is 3.09. The number of carbonyl (C=O) groups excluding carboxylic acids is 2. The first-order chi connectivity index (χ1) is 11.7. The molecule has 1 fully saturated rings. The molecule has 0 aliphatic carbocycles. The normalized spacial score (nSPS) is 18.6. The third-order valence-corrected chi connectivity index (χ3v) is 4.24. The van der Waals surface area contributed by atoms with E-state index < -0.39 is 5.60 Å². The molecule has 1 saturated heterocycles. The van der Waals surface area contributed by atoms with Gasteiger partial charge in [-0.05, 0) is 63.8 Å². The van der Waals surface area contributed by atoms with Gasteiger partial charge in [-0.1, -0.05) is 12.1 Å². The predicted octanol–water partition coefficient (Wildman–Crippen LogP) is 2.99. The van der Waals surface area contributed by atoms with Crippen LogP contribution < -0.4 is 5.32 Å². The van der Waals surface area contributed by atoms with Crippen LogP contribution in [0.1, 0.15) is 56.5 Å². The molecule has 0 unspecified atom stereocenters. The minimum atomic E-state index is -0.480. The van der Waals surface area contributed by atoms with Gasteiger partial charge in [-0.2, -0.15) is 0 Å². The smallest absolute Gasteiger partial charge is 0.338 e. The van der Waals surface area contributed by atoms with E-state index in [9.17, 15) is 9.59 Å². The highest BCUT2D eigenvalue weighted by molar-refractivity contribution is 5.89. The highest BCUT2D eigenvalue weighted by atomic mass is 16.6. The molecule has 0 bridgehead atoms. The lowest BCUT2D eigenvalue weighted by Gasteiger charge is -2.32. The van der Waals surface area contributed by atoms with Crippen molar-refractivity contribution in [1.29, 1.82) is 0 Å². The number of rotatable bonds is 5. The van der Waals surface area contributed by atoms with Gasteiger partial charge in [0.1, 0.15) is 5.60 Å². The molecule has 1 aliphatic rings. The number of hydrogen-bond acceptors (Lipinski definition) is 4.